The second-order valence-electron chi connectivity index (χ2n) is 20.0. The van der Waals surface area contributed by atoms with Crippen LogP contribution in [0.2, 0.25) is 0 Å². The summed E-state index contributed by atoms with van der Waals surface area (Å²) in [5, 5.41) is 26.5. The standard InChI is InChI=1S/C50H73N9O8/c1-28(2)21-33(25-53-47(64)36-15-8-19-41(36)57-45(62)22-29(3)54-48(65)37-16-9-18-40(37)55-30(4)60)46(63)59-43-27-52-26-39(43)50(67)58-42-20-10-17-38(42)49(66)56-34(24-44(51)61)23-32-13-7-12-31-11-5-6-14-35(31)32/h5-7,11-14,28-29,33-34,36-43,52H,8-10,15-27H2,1-4H3,(H2,51,61)(H,53,64)(H,54,65)(H,55,60)(H,56,66)(H,57,62)(H,58,67)(H,59,63)/t29-,33-,34-,36-,37-,38-,39-,40-,41-,42-,43-/m0/s1. The fourth-order valence-electron chi connectivity index (χ4n) is 10.9. The molecule has 0 aromatic heterocycles. The monoisotopic (exact) mass is 928 g/mol. The second-order valence-corrected chi connectivity index (χ2v) is 20.0. The molecule has 366 valence electrons. The van der Waals surface area contributed by atoms with Crippen molar-refractivity contribution in [3.63, 3.8) is 0 Å². The second kappa shape index (κ2) is 23.9. The molecule has 4 fully saturated rings. The van der Waals surface area contributed by atoms with Crippen LogP contribution in [0.15, 0.2) is 42.5 Å². The molecule has 11 atom stereocenters. The van der Waals surface area contributed by atoms with E-state index in [0.29, 0.717) is 58.0 Å². The van der Waals surface area contributed by atoms with E-state index in [0.717, 1.165) is 42.0 Å². The van der Waals surface area contributed by atoms with Crippen molar-refractivity contribution in [1.29, 1.82) is 0 Å². The summed E-state index contributed by atoms with van der Waals surface area (Å²) >= 11 is 0. The number of hydrogen-bond acceptors (Lipinski definition) is 9. The molecule has 0 spiro atoms. The van der Waals surface area contributed by atoms with E-state index in [4.69, 9.17) is 5.73 Å². The Labute approximate surface area is 394 Å². The number of nitrogens with two attached hydrogens (primary N) is 1. The van der Waals surface area contributed by atoms with E-state index < -0.39 is 53.7 Å². The molecule has 1 saturated heterocycles. The highest BCUT2D eigenvalue weighted by atomic mass is 16.2. The molecular weight excluding hydrogens is 855 g/mol. The highest BCUT2D eigenvalue weighted by molar-refractivity contribution is 5.88. The minimum Gasteiger partial charge on any atom is -0.370 e. The van der Waals surface area contributed by atoms with Gasteiger partial charge in [0.15, 0.2) is 0 Å². The van der Waals surface area contributed by atoms with Crippen LogP contribution in [0.3, 0.4) is 0 Å². The van der Waals surface area contributed by atoms with Gasteiger partial charge in [0.25, 0.3) is 0 Å². The van der Waals surface area contributed by atoms with E-state index in [2.05, 4.69) is 42.5 Å². The van der Waals surface area contributed by atoms with Crippen LogP contribution in [0.1, 0.15) is 110 Å². The van der Waals surface area contributed by atoms with Crippen LogP contribution in [0.4, 0.5) is 0 Å². The molecule has 3 aliphatic carbocycles. The van der Waals surface area contributed by atoms with Crippen LogP contribution in [0.25, 0.3) is 10.8 Å². The number of rotatable bonds is 21. The molecule has 3 saturated carbocycles. The maximum absolute atomic E-state index is 13.9. The maximum Gasteiger partial charge on any atom is 0.226 e. The first kappa shape index (κ1) is 50.8. The number of fused-ring (bicyclic) bond motifs is 1. The molecule has 2 aromatic carbocycles. The van der Waals surface area contributed by atoms with Crippen molar-refractivity contribution >= 4 is 58.0 Å². The van der Waals surface area contributed by atoms with Crippen LogP contribution < -0.4 is 48.3 Å². The number of amides is 8. The first-order valence-corrected chi connectivity index (χ1v) is 24.6. The molecule has 4 aliphatic rings. The van der Waals surface area contributed by atoms with E-state index in [1.54, 1.807) is 6.92 Å². The molecule has 8 amide bonds. The van der Waals surface area contributed by atoms with Gasteiger partial charge in [0.2, 0.25) is 47.3 Å². The first-order valence-electron chi connectivity index (χ1n) is 24.6. The van der Waals surface area contributed by atoms with Crippen molar-refractivity contribution in [2.75, 3.05) is 19.6 Å². The van der Waals surface area contributed by atoms with Crippen LogP contribution in [0.5, 0.6) is 0 Å². The topological polar surface area (TPSA) is 259 Å². The summed E-state index contributed by atoms with van der Waals surface area (Å²) in [5.74, 6) is -4.45. The van der Waals surface area contributed by atoms with Gasteiger partial charge in [-0.25, -0.2) is 0 Å². The molecule has 10 N–H and O–H groups in total. The first-order chi connectivity index (χ1) is 32.1. The predicted molar refractivity (Wildman–Crippen MR) is 253 cm³/mol. The Morgan fingerprint density at radius 2 is 1.25 bits per heavy atom. The number of carbonyl (C=O) groups excluding carboxylic acids is 8. The Balaban J connectivity index is 0.979. The molecule has 17 heteroatoms. The van der Waals surface area contributed by atoms with Crippen molar-refractivity contribution in [1.82, 2.24) is 42.5 Å². The third-order valence-corrected chi connectivity index (χ3v) is 14.2. The number of primary amides is 1. The average Bonchev–Trinajstić information content (AvgIpc) is 4.11. The molecule has 0 unspecified atom stereocenters. The van der Waals surface area contributed by atoms with Crippen LogP contribution >= 0.6 is 0 Å². The Morgan fingerprint density at radius 3 is 1.91 bits per heavy atom. The zero-order valence-electron chi connectivity index (χ0n) is 39.6. The molecule has 1 heterocycles. The quantitative estimate of drug-likeness (QED) is 0.0886. The van der Waals surface area contributed by atoms with Gasteiger partial charge in [-0.2, -0.15) is 0 Å². The van der Waals surface area contributed by atoms with Gasteiger partial charge in [0.05, 0.1) is 35.6 Å². The number of nitrogens with one attached hydrogen (secondary N) is 8. The highest BCUT2D eigenvalue weighted by Crippen LogP contribution is 2.30. The lowest BCUT2D eigenvalue weighted by Crippen LogP contribution is -2.53. The van der Waals surface area contributed by atoms with E-state index in [-0.39, 0.29) is 84.7 Å². The summed E-state index contributed by atoms with van der Waals surface area (Å²) in [4.78, 5) is 105. The summed E-state index contributed by atoms with van der Waals surface area (Å²) < 4.78 is 0. The van der Waals surface area contributed by atoms with Gasteiger partial charge < -0.3 is 48.3 Å². The van der Waals surface area contributed by atoms with Gasteiger partial charge in [-0.15, -0.1) is 0 Å². The molecule has 67 heavy (non-hydrogen) atoms. The largest absolute Gasteiger partial charge is 0.370 e. The summed E-state index contributed by atoms with van der Waals surface area (Å²) in [7, 11) is 0. The lowest BCUT2D eigenvalue weighted by atomic mass is 9.93. The molecule has 0 bridgehead atoms. The van der Waals surface area contributed by atoms with Crippen molar-refractivity contribution in [2.45, 2.75) is 147 Å². The van der Waals surface area contributed by atoms with E-state index >= 15 is 0 Å². The SMILES string of the molecule is CC(=O)N[C@H]1CCC[C@@H]1C(=O)N[C@@H](C)CC(=O)N[C@H]1CCC[C@@H]1C(=O)NC[C@H](CC(C)C)C(=O)N[C@H]1CNC[C@@H]1C(=O)N[C@H]1CCC[C@@H]1C(=O)N[C@H](CC(N)=O)Cc1cccc2ccccc12. The number of hydrogen-bond donors (Lipinski definition) is 9. The summed E-state index contributed by atoms with van der Waals surface area (Å²) in [6.07, 6.45) is 7.10. The van der Waals surface area contributed by atoms with Gasteiger partial charge in [-0.05, 0) is 80.5 Å². The molecule has 0 radical (unpaired) electrons. The average molecular weight is 928 g/mol. The van der Waals surface area contributed by atoms with Crippen molar-refractivity contribution in [3.8, 4) is 0 Å². The summed E-state index contributed by atoms with van der Waals surface area (Å²) in [6.45, 7) is 8.03. The van der Waals surface area contributed by atoms with Crippen LogP contribution in [-0.2, 0) is 44.8 Å². The fraction of sp³-hybridized carbons (Fsp3) is 0.640. The zero-order chi connectivity index (χ0) is 48.2. The molecule has 2 aromatic rings. The molecular formula is C50H73N9O8. The lowest BCUT2D eigenvalue weighted by Gasteiger charge is -2.28. The summed E-state index contributed by atoms with van der Waals surface area (Å²) in [5.41, 5.74) is 6.63. The Hall–Kier alpha value is -5.58. The minimum absolute atomic E-state index is 0.0251. The predicted octanol–water partition coefficient (Wildman–Crippen LogP) is 1.99. The van der Waals surface area contributed by atoms with Crippen molar-refractivity contribution in [2.24, 2.45) is 41.2 Å². The number of carbonyl (C=O) groups is 8. The van der Waals surface area contributed by atoms with Gasteiger partial charge >= 0.3 is 0 Å². The third kappa shape index (κ3) is 14.2. The molecule has 1 aliphatic heterocycles. The smallest absolute Gasteiger partial charge is 0.226 e. The van der Waals surface area contributed by atoms with Crippen LogP contribution in [-0.4, -0.2) is 103 Å². The van der Waals surface area contributed by atoms with Gasteiger partial charge in [0.1, 0.15) is 0 Å². The van der Waals surface area contributed by atoms with E-state index in [1.165, 1.54) is 6.92 Å². The van der Waals surface area contributed by atoms with Gasteiger partial charge in [-0.1, -0.05) is 75.6 Å². The molecule has 6 rings (SSSR count). The Morgan fingerprint density at radius 1 is 0.642 bits per heavy atom. The van der Waals surface area contributed by atoms with E-state index in [9.17, 15) is 38.4 Å². The maximum atomic E-state index is 13.9. The highest BCUT2D eigenvalue weighted by Gasteiger charge is 2.41. The zero-order valence-corrected chi connectivity index (χ0v) is 39.6. The number of benzene rings is 2. The third-order valence-electron chi connectivity index (χ3n) is 14.2. The minimum atomic E-state index is -0.584. The lowest BCUT2D eigenvalue weighted by molar-refractivity contribution is -0.130. The Kier molecular flexibility index (Phi) is 18.2. The van der Waals surface area contributed by atoms with Gasteiger partial charge in [-0.3, -0.25) is 38.4 Å². The summed E-state index contributed by atoms with van der Waals surface area (Å²) in [6, 6.07) is 11.4. The normalized spacial score (nSPS) is 26.0. The molecule has 17 nitrogen and oxygen atoms in total. The van der Waals surface area contributed by atoms with E-state index in [1.807, 2.05) is 56.3 Å². The van der Waals surface area contributed by atoms with Crippen molar-refractivity contribution in [3.05, 3.63) is 48.0 Å². The Bertz CT molecular complexity index is 2110. The van der Waals surface area contributed by atoms with Crippen LogP contribution in [0, 0.1) is 35.5 Å². The fourth-order valence-corrected chi connectivity index (χ4v) is 10.9. The van der Waals surface area contributed by atoms with Crippen molar-refractivity contribution < 1.29 is 38.4 Å². The van der Waals surface area contributed by atoms with Gasteiger partial charge in [0, 0.05) is 69.6 Å².